The van der Waals surface area contributed by atoms with E-state index in [1.165, 1.54) is 0 Å². The van der Waals surface area contributed by atoms with Gasteiger partial charge in [0.25, 0.3) is 0 Å². The average Bonchev–Trinajstić information content (AvgIpc) is 2.23. The van der Waals surface area contributed by atoms with Gasteiger partial charge in [0.2, 0.25) is 0 Å². The van der Waals surface area contributed by atoms with E-state index in [1.54, 1.807) is 18.2 Å². The van der Waals surface area contributed by atoms with Gasteiger partial charge >= 0.3 is 0 Å². The number of piperidine rings is 1. The Morgan fingerprint density at radius 2 is 2.24 bits per heavy atom. The number of benzene rings is 1. The Labute approximate surface area is 107 Å². The molecular weight excluding hydrogens is 239 g/mol. The lowest BCUT2D eigenvalue weighted by Gasteiger charge is -2.34. The fourth-order valence-corrected chi connectivity index (χ4v) is 2.75. The standard InChI is InChI=1S/C13H18ClFN2/c1-9-5-11(16)8-17(6-9)7-10-3-2-4-12(14)13(10)15/h2-4,9,11H,5-8,16H2,1H3. The molecule has 94 valence electrons. The number of hydrogen-bond acceptors (Lipinski definition) is 2. The van der Waals surface area contributed by atoms with Crippen LogP contribution in [-0.4, -0.2) is 24.0 Å². The van der Waals surface area contributed by atoms with Crippen LogP contribution >= 0.6 is 11.6 Å². The van der Waals surface area contributed by atoms with E-state index in [0.29, 0.717) is 18.0 Å². The first-order chi connectivity index (χ1) is 8.06. The fraction of sp³-hybridized carbons (Fsp3) is 0.538. The third kappa shape index (κ3) is 3.18. The molecule has 0 amide bonds. The predicted molar refractivity (Wildman–Crippen MR) is 68.4 cm³/mol. The van der Waals surface area contributed by atoms with Crippen LogP contribution in [0, 0.1) is 11.7 Å². The van der Waals surface area contributed by atoms with Gasteiger partial charge in [-0.3, -0.25) is 4.90 Å². The molecule has 2 unspecified atom stereocenters. The van der Waals surface area contributed by atoms with Crippen LogP contribution in [0.3, 0.4) is 0 Å². The van der Waals surface area contributed by atoms with Crippen molar-refractivity contribution in [3.8, 4) is 0 Å². The maximum Gasteiger partial charge on any atom is 0.146 e. The Bertz CT molecular complexity index is 387. The topological polar surface area (TPSA) is 29.3 Å². The van der Waals surface area contributed by atoms with Crippen LogP contribution in [0.15, 0.2) is 18.2 Å². The molecule has 1 aliphatic rings. The first-order valence-electron chi connectivity index (χ1n) is 5.97. The average molecular weight is 257 g/mol. The maximum absolute atomic E-state index is 13.8. The highest BCUT2D eigenvalue weighted by Gasteiger charge is 2.22. The van der Waals surface area contributed by atoms with Crippen LogP contribution < -0.4 is 5.73 Å². The highest BCUT2D eigenvalue weighted by molar-refractivity contribution is 6.30. The minimum Gasteiger partial charge on any atom is -0.327 e. The molecule has 2 nitrogen and oxygen atoms in total. The van der Waals surface area contributed by atoms with Crippen molar-refractivity contribution in [1.29, 1.82) is 0 Å². The largest absolute Gasteiger partial charge is 0.327 e. The molecule has 1 aliphatic heterocycles. The third-order valence-electron chi connectivity index (χ3n) is 3.19. The molecule has 2 rings (SSSR count). The molecule has 0 spiro atoms. The van der Waals surface area contributed by atoms with E-state index < -0.39 is 0 Å². The second-order valence-electron chi connectivity index (χ2n) is 5.01. The molecule has 1 aromatic rings. The van der Waals surface area contributed by atoms with Crippen LogP contribution in [-0.2, 0) is 6.54 Å². The second kappa shape index (κ2) is 5.34. The number of halogens is 2. The summed E-state index contributed by atoms with van der Waals surface area (Å²) in [6.45, 7) is 4.57. The number of rotatable bonds is 2. The highest BCUT2D eigenvalue weighted by Crippen LogP contribution is 2.22. The van der Waals surface area contributed by atoms with E-state index in [-0.39, 0.29) is 16.9 Å². The second-order valence-corrected chi connectivity index (χ2v) is 5.42. The molecule has 0 bridgehead atoms. The van der Waals surface area contributed by atoms with Gasteiger partial charge in [-0.15, -0.1) is 0 Å². The number of hydrogen-bond donors (Lipinski definition) is 1. The Hall–Kier alpha value is -0.640. The molecule has 1 fully saturated rings. The summed E-state index contributed by atoms with van der Waals surface area (Å²) in [5, 5.41) is 0.192. The van der Waals surface area contributed by atoms with Crippen LogP contribution in [0.4, 0.5) is 4.39 Å². The fourth-order valence-electron chi connectivity index (χ4n) is 2.55. The van der Waals surface area contributed by atoms with E-state index >= 15 is 0 Å². The molecule has 1 aromatic carbocycles. The van der Waals surface area contributed by atoms with E-state index in [1.807, 2.05) is 0 Å². The summed E-state index contributed by atoms with van der Waals surface area (Å²) in [6, 6.07) is 5.34. The van der Waals surface area contributed by atoms with Crippen molar-refractivity contribution in [2.45, 2.75) is 25.9 Å². The highest BCUT2D eigenvalue weighted by atomic mass is 35.5. The van der Waals surface area contributed by atoms with Crippen molar-refractivity contribution in [3.63, 3.8) is 0 Å². The van der Waals surface area contributed by atoms with Crippen molar-refractivity contribution in [1.82, 2.24) is 4.90 Å². The molecule has 0 aromatic heterocycles. The van der Waals surface area contributed by atoms with Gasteiger partial charge < -0.3 is 5.73 Å². The first kappa shape index (κ1) is 12.8. The third-order valence-corrected chi connectivity index (χ3v) is 3.49. The molecule has 0 saturated carbocycles. The van der Waals surface area contributed by atoms with Crippen molar-refractivity contribution in [2.75, 3.05) is 13.1 Å². The Kier molecular flexibility index (Phi) is 4.02. The Morgan fingerprint density at radius 1 is 1.47 bits per heavy atom. The zero-order chi connectivity index (χ0) is 12.4. The molecule has 1 saturated heterocycles. The van der Waals surface area contributed by atoms with E-state index in [2.05, 4.69) is 11.8 Å². The first-order valence-corrected chi connectivity index (χ1v) is 6.35. The molecule has 0 radical (unpaired) electrons. The molecule has 0 aliphatic carbocycles. The van der Waals surface area contributed by atoms with Gasteiger partial charge in [0, 0.05) is 31.2 Å². The lowest BCUT2D eigenvalue weighted by atomic mass is 9.96. The summed E-state index contributed by atoms with van der Waals surface area (Å²) in [4.78, 5) is 2.20. The van der Waals surface area contributed by atoms with Gasteiger partial charge in [0.1, 0.15) is 5.82 Å². The lowest BCUT2D eigenvalue weighted by molar-refractivity contribution is 0.157. The van der Waals surface area contributed by atoms with Crippen molar-refractivity contribution < 1.29 is 4.39 Å². The number of likely N-dealkylation sites (tertiary alicyclic amines) is 1. The van der Waals surface area contributed by atoms with E-state index in [9.17, 15) is 4.39 Å². The van der Waals surface area contributed by atoms with Gasteiger partial charge in [-0.25, -0.2) is 4.39 Å². The van der Waals surface area contributed by atoms with Crippen LogP contribution in [0.5, 0.6) is 0 Å². The zero-order valence-electron chi connectivity index (χ0n) is 10.00. The zero-order valence-corrected chi connectivity index (χ0v) is 10.8. The summed E-state index contributed by atoms with van der Waals surface area (Å²) < 4.78 is 13.8. The Morgan fingerprint density at radius 3 is 2.94 bits per heavy atom. The monoisotopic (exact) mass is 256 g/mol. The minimum absolute atomic E-state index is 0.192. The van der Waals surface area contributed by atoms with Crippen LogP contribution in [0.2, 0.25) is 5.02 Å². The number of nitrogens with two attached hydrogens (primary N) is 1. The van der Waals surface area contributed by atoms with E-state index in [4.69, 9.17) is 17.3 Å². The van der Waals surface area contributed by atoms with Crippen molar-refractivity contribution in [2.24, 2.45) is 11.7 Å². The maximum atomic E-state index is 13.8. The van der Waals surface area contributed by atoms with Gasteiger partial charge in [-0.1, -0.05) is 30.7 Å². The quantitative estimate of drug-likeness (QED) is 0.882. The molecule has 17 heavy (non-hydrogen) atoms. The van der Waals surface area contributed by atoms with Gasteiger partial charge in [-0.2, -0.15) is 0 Å². The smallest absolute Gasteiger partial charge is 0.146 e. The van der Waals surface area contributed by atoms with Crippen LogP contribution in [0.1, 0.15) is 18.9 Å². The molecule has 2 N–H and O–H groups in total. The number of nitrogens with zero attached hydrogens (tertiary/aromatic N) is 1. The molecule has 4 heteroatoms. The van der Waals surface area contributed by atoms with Crippen molar-refractivity contribution >= 4 is 11.6 Å². The molecule has 2 atom stereocenters. The van der Waals surface area contributed by atoms with Crippen LogP contribution in [0.25, 0.3) is 0 Å². The van der Waals surface area contributed by atoms with Gasteiger partial charge in [0.05, 0.1) is 5.02 Å². The normalized spacial score (nSPS) is 26.1. The molecule has 1 heterocycles. The lowest BCUT2D eigenvalue weighted by Crippen LogP contribution is -2.45. The summed E-state index contributed by atoms with van der Waals surface area (Å²) in [5.74, 6) is 0.266. The summed E-state index contributed by atoms with van der Waals surface area (Å²) in [5.41, 5.74) is 6.63. The van der Waals surface area contributed by atoms with E-state index in [0.717, 1.165) is 19.5 Å². The Balaban J connectivity index is 2.07. The summed E-state index contributed by atoms with van der Waals surface area (Å²) in [6.07, 6.45) is 1.05. The predicted octanol–water partition coefficient (Wildman–Crippen LogP) is 2.65. The summed E-state index contributed by atoms with van der Waals surface area (Å²) >= 11 is 5.77. The molecular formula is C13H18ClFN2. The summed E-state index contributed by atoms with van der Waals surface area (Å²) in [7, 11) is 0. The van der Waals surface area contributed by atoms with Gasteiger partial charge in [-0.05, 0) is 18.4 Å². The SMILES string of the molecule is CC1CC(N)CN(Cc2cccc(Cl)c2F)C1. The van der Waals surface area contributed by atoms with Crippen molar-refractivity contribution in [3.05, 3.63) is 34.6 Å². The minimum atomic E-state index is -0.305. The van der Waals surface area contributed by atoms with Gasteiger partial charge in [0.15, 0.2) is 0 Å².